The molecule has 0 saturated heterocycles. The van der Waals surface area contributed by atoms with E-state index in [1.807, 2.05) is 0 Å². The fourth-order valence-electron chi connectivity index (χ4n) is 3.08. The van der Waals surface area contributed by atoms with Gasteiger partial charge in [-0.2, -0.15) is 5.26 Å². The van der Waals surface area contributed by atoms with Crippen LogP contribution >= 0.6 is 0 Å². The molecule has 168 valence electrons. The number of allylic oxidation sites excluding steroid dienone is 5. The lowest BCUT2D eigenvalue weighted by molar-refractivity contribution is 0.491. The number of hydrogen-bond acceptors (Lipinski definition) is 4. The molecule has 2 rings (SSSR count). The lowest BCUT2D eigenvalue weighted by Crippen LogP contribution is -2.40. The lowest BCUT2D eigenvalue weighted by atomic mass is 9.98. The van der Waals surface area contributed by atoms with Gasteiger partial charge in [0.1, 0.15) is 11.9 Å². The zero-order valence-corrected chi connectivity index (χ0v) is 19.8. The highest BCUT2D eigenvalue weighted by molar-refractivity contribution is 7.89. The molecule has 0 unspecified atom stereocenters. The molecule has 0 fully saturated rings. The molecule has 2 aromatic carbocycles. The number of hydrogen-bond donors (Lipinski definition) is 2. The van der Waals surface area contributed by atoms with Crippen LogP contribution in [0.4, 0.5) is 4.39 Å². The van der Waals surface area contributed by atoms with Crippen molar-refractivity contribution in [2.24, 2.45) is 0 Å². The van der Waals surface area contributed by atoms with E-state index in [1.54, 1.807) is 71.2 Å². The summed E-state index contributed by atoms with van der Waals surface area (Å²) in [6.07, 6.45) is 3.03. The molecule has 2 N–H and O–H groups in total. The molecule has 7 heteroatoms. The summed E-state index contributed by atoms with van der Waals surface area (Å²) >= 11 is 0. The second-order valence-corrected chi connectivity index (χ2v) is 9.90. The van der Waals surface area contributed by atoms with Gasteiger partial charge in [0.25, 0.3) is 0 Å². The number of nitriles is 1. The van der Waals surface area contributed by atoms with Crippen LogP contribution in [0.25, 0.3) is 16.7 Å². The minimum absolute atomic E-state index is 0.0703. The number of nitrogens with one attached hydrogen (secondary N) is 2. The van der Waals surface area contributed by atoms with Gasteiger partial charge in [0.2, 0.25) is 10.0 Å². The molecular weight excluding hydrogens is 425 g/mol. The van der Waals surface area contributed by atoms with Crippen molar-refractivity contribution in [2.45, 2.75) is 38.1 Å². The third-order valence-corrected chi connectivity index (χ3v) is 6.44. The zero-order chi connectivity index (χ0) is 24.1. The van der Waals surface area contributed by atoms with Gasteiger partial charge < -0.3 is 5.32 Å². The molecule has 2 aromatic rings. The van der Waals surface area contributed by atoms with Gasteiger partial charge in [-0.05, 0) is 57.0 Å². The summed E-state index contributed by atoms with van der Waals surface area (Å²) in [5.41, 5.74) is 1.85. The average molecular weight is 454 g/mol. The molecule has 0 aliphatic carbocycles. The van der Waals surface area contributed by atoms with Crippen molar-refractivity contribution in [2.75, 3.05) is 7.05 Å². The molecule has 0 aliphatic rings. The van der Waals surface area contributed by atoms with Gasteiger partial charge in [-0.25, -0.2) is 17.5 Å². The zero-order valence-electron chi connectivity index (χ0n) is 19.0. The first kappa shape index (κ1) is 25.1. The number of rotatable bonds is 7. The third-order valence-electron chi connectivity index (χ3n) is 4.63. The highest BCUT2D eigenvalue weighted by Crippen LogP contribution is 2.31. The second-order valence-electron chi connectivity index (χ2n) is 8.25. The predicted octanol–water partition coefficient (Wildman–Crippen LogP) is 5.16. The van der Waals surface area contributed by atoms with E-state index in [4.69, 9.17) is 0 Å². The van der Waals surface area contributed by atoms with Crippen molar-refractivity contribution >= 4 is 15.6 Å². The molecule has 0 bridgehead atoms. The molecule has 32 heavy (non-hydrogen) atoms. The minimum atomic E-state index is -3.82. The highest BCUT2D eigenvalue weighted by atomic mass is 32.2. The van der Waals surface area contributed by atoms with Crippen LogP contribution in [0.1, 0.15) is 33.3 Å². The summed E-state index contributed by atoms with van der Waals surface area (Å²) in [6, 6.07) is 13.1. The maximum atomic E-state index is 15.1. The molecular formula is C25H28FN3O2S. The van der Waals surface area contributed by atoms with Gasteiger partial charge in [-0.3, -0.25) is 0 Å². The van der Waals surface area contributed by atoms with E-state index < -0.39 is 21.4 Å². The second kappa shape index (κ2) is 9.94. The summed E-state index contributed by atoms with van der Waals surface area (Å²) in [5.74, 6) is -0.552. The standard InChI is InChI=1S/C25H28FN3O2S/c1-7-18(14-20(16-27)17(2)28-6)21-13-12-19(15-23(21)26)22-10-8-9-11-24(22)32(30,31)29-25(3,4)5/h7-15,28-29H,1H2,2-6H3/b18-14+,20-17-. The molecule has 5 nitrogen and oxygen atoms in total. The van der Waals surface area contributed by atoms with Gasteiger partial charge in [0, 0.05) is 29.4 Å². The van der Waals surface area contributed by atoms with E-state index in [-0.39, 0.29) is 10.5 Å². The molecule has 0 atom stereocenters. The lowest BCUT2D eigenvalue weighted by Gasteiger charge is -2.21. The van der Waals surface area contributed by atoms with E-state index in [0.717, 1.165) is 0 Å². The quantitative estimate of drug-likeness (QED) is 0.448. The summed E-state index contributed by atoms with van der Waals surface area (Å²) in [6.45, 7) is 10.7. The Hall–Kier alpha value is -3.21. The first-order valence-corrected chi connectivity index (χ1v) is 11.5. The van der Waals surface area contributed by atoms with Crippen molar-refractivity contribution in [1.82, 2.24) is 10.0 Å². The number of benzene rings is 2. The van der Waals surface area contributed by atoms with Crippen LogP contribution in [0.5, 0.6) is 0 Å². The van der Waals surface area contributed by atoms with Crippen LogP contribution in [0.15, 0.2) is 77.4 Å². The summed E-state index contributed by atoms with van der Waals surface area (Å²) < 4.78 is 43.6. The Morgan fingerprint density at radius 3 is 2.38 bits per heavy atom. The summed E-state index contributed by atoms with van der Waals surface area (Å²) in [5, 5.41) is 12.3. The fraction of sp³-hybridized carbons (Fsp3) is 0.240. The Morgan fingerprint density at radius 1 is 1.19 bits per heavy atom. The average Bonchev–Trinajstić information content (AvgIpc) is 2.73. The first-order chi connectivity index (χ1) is 14.9. The van der Waals surface area contributed by atoms with Gasteiger partial charge in [-0.1, -0.05) is 43.0 Å². The molecule has 0 saturated carbocycles. The van der Waals surface area contributed by atoms with Crippen molar-refractivity contribution in [3.8, 4) is 17.2 Å². The molecule has 0 radical (unpaired) electrons. The van der Waals surface area contributed by atoms with Crippen LogP contribution in [-0.2, 0) is 10.0 Å². The SMILES string of the molecule is C=C/C(=C\C(C#N)=C(/C)NC)c1ccc(-c2ccccc2S(=O)(=O)NC(C)(C)C)cc1F. The van der Waals surface area contributed by atoms with Crippen LogP contribution in [0.2, 0.25) is 0 Å². The maximum Gasteiger partial charge on any atom is 0.241 e. The Bertz CT molecular complexity index is 1230. The van der Waals surface area contributed by atoms with Crippen LogP contribution in [0.3, 0.4) is 0 Å². The molecule has 0 heterocycles. The monoisotopic (exact) mass is 453 g/mol. The van der Waals surface area contributed by atoms with Crippen molar-refractivity contribution < 1.29 is 12.8 Å². The number of halogens is 1. The summed E-state index contributed by atoms with van der Waals surface area (Å²) in [4.78, 5) is 0.0703. The van der Waals surface area contributed by atoms with Gasteiger partial charge >= 0.3 is 0 Å². The fourth-order valence-corrected chi connectivity index (χ4v) is 4.72. The maximum absolute atomic E-state index is 15.1. The van der Waals surface area contributed by atoms with Crippen molar-refractivity contribution in [3.05, 3.63) is 83.8 Å². The normalized spacial score (nSPS) is 13.2. The van der Waals surface area contributed by atoms with E-state index in [0.29, 0.717) is 28.0 Å². The third kappa shape index (κ3) is 5.94. The van der Waals surface area contributed by atoms with Crippen molar-refractivity contribution in [1.29, 1.82) is 5.26 Å². The number of sulfonamides is 1. The summed E-state index contributed by atoms with van der Waals surface area (Å²) in [7, 11) is -2.12. The van der Waals surface area contributed by atoms with Gasteiger partial charge in [0.15, 0.2) is 0 Å². The van der Waals surface area contributed by atoms with Crippen LogP contribution in [-0.4, -0.2) is 21.0 Å². The highest BCUT2D eigenvalue weighted by Gasteiger charge is 2.25. The largest absolute Gasteiger partial charge is 0.391 e. The molecule has 0 spiro atoms. The molecule has 0 amide bonds. The van der Waals surface area contributed by atoms with Gasteiger partial charge in [0.05, 0.1) is 10.5 Å². The smallest absolute Gasteiger partial charge is 0.241 e. The Morgan fingerprint density at radius 2 is 1.84 bits per heavy atom. The minimum Gasteiger partial charge on any atom is -0.391 e. The van der Waals surface area contributed by atoms with Crippen LogP contribution in [0, 0.1) is 17.1 Å². The van der Waals surface area contributed by atoms with E-state index in [9.17, 15) is 13.7 Å². The molecule has 0 aromatic heterocycles. The number of nitrogens with zero attached hydrogens (tertiary/aromatic N) is 1. The Labute approximate surface area is 190 Å². The molecule has 0 aliphatic heterocycles. The van der Waals surface area contributed by atoms with Gasteiger partial charge in [-0.15, -0.1) is 0 Å². The Balaban J connectivity index is 2.60. The topological polar surface area (TPSA) is 82.0 Å². The van der Waals surface area contributed by atoms with Crippen molar-refractivity contribution in [3.63, 3.8) is 0 Å². The predicted molar refractivity (Wildman–Crippen MR) is 127 cm³/mol. The van der Waals surface area contributed by atoms with E-state index >= 15 is 4.39 Å². The Kier molecular flexibility index (Phi) is 7.78. The van der Waals surface area contributed by atoms with E-state index in [2.05, 4.69) is 22.7 Å². The van der Waals surface area contributed by atoms with E-state index in [1.165, 1.54) is 18.2 Å². The van der Waals surface area contributed by atoms with Crippen LogP contribution < -0.4 is 10.0 Å². The first-order valence-electron chi connectivity index (χ1n) is 9.99.